The molecule has 0 heterocycles. The van der Waals surface area contributed by atoms with E-state index in [1.807, 2.05) is 0 Å². The summed E-state index contributed by atoms with van der Waals surface area (Å²) in [4.78, 5) is 7.62. The van der Waals surface area contributed by atoms with Crippen molar-refractivity contribution in [3.8, 4) is 11.1 Å². The van der Waals surface area contributed by atoms with Gasteiger partial charge in [0.05, 0.1) is 11.4 Å². The van der Waals surface area contributed by atoms with Gasteiger partial charge in [0.2, 0.25) is 0 Å². The smallest absolute Gasteiger partial charge is 0.0620 e. The Morgan fingerprint density at radius 3 is 0.786 bits per heavy atom. The summed E-state index contributed by atoms with van der Waals surface area (Å²) < 4.78 is 0. The number of anilines is 9. The van der Waals surface area contributed by atoms with Crippen LogP contribution in [0.3, 0.4) is 0 Å². The second-order valence-corrected chi connectivity index (χ2v) is 27.3. The minimum atomic E-state index is -0.452. The Bertz CT molecular complexity index is 6580. The van der Waals surface area contributed by atoms with E-state index in [2.05, 4.69) is 374 Å². The van der Waals surface area contributed by atoms with Crippen LogP contribution in [0.25, 0.3) is 130 Å². The fraction of sp³-hybridized carbons (Fsp3) is 0.0316. The molecule has 20 rings (SSSR count). The molecule has 0 aromatic heterocycles. The van der Waals surface area contributed by atoms with Crippen LogP contribution in [0.15, 0.2) is 346 Å². The molecule has 458 valence electrons. The van der Waals surface area contributed by atoms with E-state index >= 15 is 0 Å². The normalized spacial score (nSPS) is 12.7. The van der Waals surface area contributed by atoms with Gasteiger partial charge in [-0.2, -0.15) is 0 Å². The van der Waals surface area contributed by atoms with Gasteiger partial charge in [0.1, 0.15) is 0 Å². The van der Waals surface area contributed by atoms with Crippen molar-refractivity contribution in [2.75, 3.05) is 14.7 Å². The van der Waals surface area contributed by atoms with E-state index < -0.39 is 5.41 Å². The fourth-order valence-corrected chi connectivity index (χ4v) is 16.4. The molecule has 19 aromatic carbocycles. The SMILES string of the molecule is CC1(C)c2cc(N(c3ccc4ccccc4c3)c3ccc4cc5ccccc5cc4c3)ccc2-c2cc3c(N(c4ccc5ccccc5c4)c4ccc5cc6ccccc6cc5c4)c4ccccc4c(N(c4ccc5ccccc5c4)c4ccc5cc6ccccc6cc5c4)c3cc21. The Balaban J connectivity index is 0.875. The van der Waals surface area contributed by atoms with Gasteiger partial charge in [-0.15, -0.1) is 0 Å². The van der Waals surface area contributed by atoms with Gasteiger partial charge >= 0.3 is 0 Å². The van der Waals surface area contributed by atoms with Crippen LogP contribution in [0.2, 0.25) is 0 Å². The highest BCUT2D eigenvalue weighted by Gasteiger charge is 2.38. The molecule has 0 amide bonds. The van der Waals surface area contributed by atoms with Crippen molar-refractivity contribution < 1.29 is 0 Å². The van der Waals surface area contributed by atoms with Crippen LogP contribution in [0, 0.1) is 0 Å². The van der Waals surface area contributed by atoms with E-state index in [1.165, 1.54) is 119 Å². The fourth-order valence-electron chi connectivity index (χ4n) is 16.4. The third-order valence-electron chi connectivity index (χ3n) is 21.3. The lowest BCUT2D eigenvalue weighted by molar-refractivity contribution is 0.661. The van der Waals surface area contributed by atoms with Crippen molar-refractivity contribution in [1.29, 1.82) is 0 Å². The molecule has 0 spiro atoms. The zero-order valence-corrected chi connectivity index (χ0v) is 54.3. The van der Waals surface area contributed by atoms with E-state index in [9.17, 15) is 0 Å². The van der Waals surface area contributed by atoms with Crippen molar-refractivity contribution in [3.63, 3.8) is 0 Å². The molecular formula is C95H63N3. The number of hydrogen-bond donors (Lipinski definition) is 0. The number of fused-ring (bicyclic) bond motifs is 14. The van der Waals surface area contributed by atoms with Crippen molar-refractivity contribution in [2.45, 2.75) is 19.3 Å². The molecule has 0 radical (unpaired) electrons. The molecule has 0 saturated carbocycles. The van der Waals surface area contributed by atoms with Crippen molar-refractivity contribution in [1.82, 2.24) is 0 Å². The largest absolute Gasteiger partial charge is 0.310 e. The maximum Gasteiger partial charge on any atom is 0.0620 e. The van der Waals surface area contributed by atoms with Crippen LogP contribution in [-0.4, -0.2) is 0 Å². The van der Waals surface area contributed by atoms with E-state index in [4.69, 9.17) is 0 Å². The second kappa shape index (κ2) is 21.7. The third-order valence-corrected chi connectivity index (χ3v) is 21.3. The Morgan fingerprint density at radius 1 is 0.173 bits per heavy atom. The standard InChI is InChI=1S/C95H63N3/c1-95(2)91-57-84(96(78-37-31-60-17-3-6-26-69(60)51-78)79-40-34-72-45-63-20-9-12-23-66(63)48-75(72)54-79)43-44-85(91)88-58-89-90(59-92(88)95)94(98(81-39-33-62-19-5-8-28-71(62)53-81)83-42-36-74-47-65-22-11-14-25-68(65)50-77(74)56-83)87-30-16-15-29-86(87)93(89)97(80-38-32-61-18-4-7-27-70(61)52-80)82-41-35-73-46-64-21-10-13-24-67(64)49-76(73)55-82/h3-59H,1-2H3. The van der Waals surface area contributed by atoms with E-state index in [1.54, 1.807) is 0 Å². The van der Waals surface area contributed by atoms with E-state index in [-0.39, 0.29) is 0 Å². The monoisotopic (exact) mass is 1250 g/mol. The quantitative estimate of drug-likeness (QED) is 0.105. The van der Waals surface area contributed by atoms with Crippen LogP contribution in [0.1, 0.15) is 25.0 Å². The van der Waals surface area contributed by atoms with Gasteiger partial charge in [-0.3, -0.25) is 0 Å². The summed E-state index contributed by atoms with van der Waals surface area (Å²) in [6.07, 6.45) is 0. The molecular weight excluding hydrogens is 1180 g/mol. The number of nitrogens with zero attached hydrogens (tertiary/aromatic N) is 3. The highest BCUT2D eigenvalue weighted by molar-refractivity contribution is 6.25. The lowest BCUT2D eigenvalue weighted by Gasteiger charge is -2.34. The molecule has 98 heavy (non-hydrogen) atoms. The maximum absolute atomic E-state index is 2.60. The molecule has 1 aliphatic carbocycles. The first-order valence-electron chi connectivity index (χ1n) is 34.1. The minimum Gasteiger partial charge on any atom is -0.310 e. The van der Waals surface area contributed by atoms with Gasteiger partial charge in [-0.1, -0.05) is 226 Å². The molecule has 0 N–H and O–H groups in total. The second-order valence-electron chi connectivity index (χ2n) is 27.3. The molecule has 0 atom stereocenters. The predicted octanol–water partition coefficient (Wildman–Crippen LogP) is 27.1. The summed E-state index contributed by atoms with van der Waals surface area (Å²) in [7, 11) is 0. The average Bonchev–Trinajstić information content (AvgIpc) is 1.34. The molecule has 19 aromatic rings. The zero-order valence-electron chi connectivity index (χ0n) is 54.3. The van der Waals surface area contributed by atoms with Crippen LogP contribution < -0.4 is 14.7 Å². The van der Waals surface area contributed by atoms with Crippen LogP contribution in [0.5, 0.6) is 0 Å². The summed E-state index contributed by atoms with van der Waals surface area (Å²) in [5, 5.41) is 26.4. The number of hydrogen-bond acceptors (Lipinski definition) is 3. The van der Waals surface area contributed by atoms with Gasteiger partial charge in [-0.05, 0) is 253 Å². The average molecular weight is 1250 g/mol. The molecule has 0 bridgehead atoms. The molecule has 0 unspecified atom stereocenters. The Labute approximate surface area is 568 Å². The molecule has 3 nitrogen and oxygen atoms in total. The van der Waals surface area contributed by atoms with Crippen LogP contribution in [0.4, 0.5) is 51.2 Å². The maximum atomic E-state index is 2.60. The first-order valence-corrected chi connectivity index (χ1v) is 34.1. The lowest BCUT2D eigenvalue weighted by Crippen LogP contribution is -2.17. The molecule has 1 aliphatic rings. The van der Waals surface area contributed by atoms with Gasteiger partial charge < -0.3 is 14.7 Å². The number of rotatable bonds is 9. The van der Waals surface area contributed by atoms with Crippen molar-refractivity contribution in [3.05, 3.63) is 357 Å². The Hall–Kier alpha value is -12.6. The van der Waals surface area contributed by atoms with E-state index in [0.29, 0.717) is 0 Å². The molecule has 0 aliphatic heterocycles. The lowest BCUT2D eigenvalue weighted by atomic mass is 9.81. The van der Waals surface area contributed by atoms with Crippen molar-refractivity contribution >= 4 is 170 Å². The highest BCUT2D eigenvalue weighted by Crippen LogP contribution is 2.58. The molecule has 3 heteroatoms. The predicted molar refractivity (Wildman–Crippen MR) is 421 cm³/mol. The Morgan fingerprint density at radius 2 is 0.418 bits per heavy atom. The first-order chi connectivity index (χ1) is 48.3. The van der Waals surface area contributed by atoms with Gasteiger partial charge in [0.25, 0.3) is 0 Å². The first kappa shape index (κ1) is 55.9. The van der Waals surface area contributed by atoms with Crippen LogP contribution >= 0.6 is 0 Å². The number of benzene rings is 19. The third kappa shape index (κ3) is 8.97. The molecule has 0 saturated heterocycles. The summed E-state index contributed by atoms with van der Waals surface area (Å²) in [5.41, 5.74) is 14.5. The van der Waals surface area contributed by atoms with Crippen LogP contribution in [-0.2, 0) is 5.41 Å². The topological polar surface area (TPSA) is 9.72 Å². The van der Waals surface area contributed by atoms with E-state index in [0.717, 1.165) is 72.7 Å². The minimum absolute atomic E-state index is 0.452. The van der Waals surface area contributed by atoms with Gasteiger partial charge in [0.15, 0.2) is 0 Å². The van der Waals surface area contributed by atoms with Gasteiger partial charge in [0, 0.05) is 66.8 Å². The zero-order chi connectivity index (χ0) is 64.7. The summed E-state index contributed by atoms with van der Waals surface area (Å²) >= 11 is 0. The summed E-state index contributed by atoms with van der Waals surface area (Å²) in [6.45, 7) is 4.90. The molecule has 0 fully saturated rings. The summed E-state index contributed by atoms with van der Waals surface area (Å²) in [5.74, 6) is 0. The highest BCUT2D eigenvalue weighted by atomic mass is 15.2. The van der Waals surface area contributed by atoms with Crippen molar-refractivity contribution in [2.24, 2.45) is 0 Å². The van der Waals surface area contributed by atoms with Gasteiger partial charge in [-0.25, -0.2) is 0 Å². The summed E-state index contributed by atoms with van der Waals surface area (Å²) in [6, 6.07) is 130. The Kier molecular flexibility index (Phi) is 12.4.